The van der Waals surface area contributed by atoms with Gasteiger partial charge >= 0.3 is 11.9 Å². The average Bonchev–Trinajstić information content (AvgIpc) is 3.61. The van der Waals surface area contributed by atoms with Gasteiger partial charge in [-0.1, -0.05) is 18.2 Å². The van der Waals surface area contributed by atoms with E-state index in [4.69, 9.17) is 29.8 Å². The average molecular weight is 710 g/mol. The third-order valence-corrected chi connectivity index (χ3v) is 8.99. The van der Waals surface area contributed by atoms with Crippen molar-refractivity contribution in [2.45, 2.75) is 75.2 Å². The maximum Gasteiger partial charge on any atom is 0.343 e. The maximum atomic E-state index is 13.6. The second kappa shape index (κ2) is 18.5. The van der Waals surface area contributed by atoms with Gasteiger partial charge in [-0.05, 0) is 32.1 Å². The minimum atomic E-state index is -1.72. The molecule has 9 atom stereocenters. The van der Waals surface area contributed by atoms with Crippen molar-refractivity contribution in [3.05, 3.63) is 59.7 Å². The molecule has 0 aromatic carbocycles. The first-order valence-corrected chi connectivity index (χ1v) is 16.7. The van der Waals surface area contributed by atoms with Crippen LogP contribution in [-0.2, 0) is 28.5 Å². The second-order valence-electron chi connectivity index (χ2n) is 12.5. The highest BCUT2D eigenvalue weighted by molar-refractivity contribution is 5.94. The highest BCUT2D eigenvalue weighted by Crippen LogP contribution is 2.37. The molecule has 2 fully saturated rings. The zero-order valence-corrected chi connectivity index (χ0v) is 27.7. The Hall–Kier alpha value is -3.65. The molecule has 9 unspecified atom stereocenters. The lowest BCUT2D eigenvalue weighted by Gasteiger charge is -2.42. The normalized spacial score (nSPS) is 32.4. The van der Waals surface area contributed by atoms with Gasteiger partial charge in [0.25, 0.3) is 0 Å². The molecular weight excluding hydrogens is 660 g/mol. The van der Waals surface area contributed by atoms with Crippen molar-refractivity contribution in [3.8, 4) is 0 Å². The van der Waals surface area contributed by atoms with Crippen molar-refractivity contribution in [1.29, 1.82) is 0 Å². The number of aliphatic hydroxyl groups excluding tert-OH is 6. The number of rotatable bonds is 15. The van der Waals surface area contributed by atoms with Gasteiger partial charge in [-0.25, -0.2) is 9.59 Å². The van der Waals surface area contributed by atoms with E-state index >= 15 is 0 Å². The number of quaternary nitrogens is 1. The lowest BCUT2D eigenvalue weighted by Crippen LogP contribution is -3.09. The Morgan fingerprint density at radius 3 is 2.48 bits per heavy atom. The quantitative estimate of drug-likeness (QED) is 0.0265. The number of ether oxygens (including phenoxy) is 4. The van der Waals surface area contributed by atoms with Crippen molar-refractivity contribution in [1.82, 2.24) is 5.32 Å². The molecule has 0 aromatic heterocycles. The number of guanidine groups is 1. The number of carboxylic acid groups (broad SMARTS) is 1. The molecule has 17 nitrogen and oxygen atoms in total. The Labute approximate surface area is 289 Å². The van der Waals surface area contributed by atoms with E-state index in [1.165, 1.54) is 18.5 Å². The van der Waals surface area contributed by atoms with Crippen LogP contribution in [0.2, 0.25) is 0 Å². The van der Waals surface area contributed by atoms with E-state index in [2.05, 4.69) is 16.9 Å². The van der Waals surface area contributed by atoms with Crippen molar-refractivity contribution in [2.24, 2.45) is 22.6 Å². The van der Waals surface area contributed by atoms with Crippen molar-refractivity contribution < 1.29 is 69.2 Å². The summed E-state index contributed by atoms with van der Waals surface area (Å²) in [6.07, 6.45) is 1.60. The van der Waals surface area contributed by atoms with Gasteiger partial charge in [-0.3, -0.25) is 4.99 Å². The lowest BCUT2D eigenvalue weighted by atomic mass is 9.83. The number of nitrogens with one attached hydrogen (secondary N) is 2. The molecule has 4 aliphatic rings. The van der Waals surface area contributed by atoms with Crippen LogP contribution in [0.5, 0.6) is 0 Å². The molecule has 11 N–H and O–H groups in total. The van der Waals surface area contributed by atoms with Crippen LogP contribution in [0.1, 0.15) is 32.1 Å². The number of aliphatic carboxylic acids is 1. The van der Waals surface area contributed by atoms with Crippen LogP contribution < -0.4 is 16.0 Å². The molecule has 1 aliphatic carbocycles. The van der Waals surface area contributed by atoms with Gasteiger partial charge in [0.05, 0.1) is 36.7 Å². The number of nitrogens with two attached hydrogens (primary N) is 1. The molecule has 0 amide bonds. The minimum absolute atomic E-state index is 0.0825. The van der Waals surface area contributed by atoms with Gasteiger partial charge in [0.15, 0.2) is 12.2 Å². The molecule has 278 valence electrons. The molecule has 0 aromatic rings. The highest BCUT2D eigenvalue weighted by atomic mass is 16.8. The summed E-state index contributed by atoms with van der Waals surface area (Å²) in [4.78, 5) is 30.7. The molecule has 1 saturated heterocycles. The molecule has 4 rings (SSSR count). The van der Waals surface area contributed by atoms with Gasteiger partial charge < -0.3 is 70.6 Å². The van der Waals surface area contributed by atoms with Crippen LogP contribution in [0.3, 0.4) is 0 Å². The van der Waals surface area contributed by atoms with Crippen LogP contribution in [0.4, 0.5) is 0 Å². The van der Waals surface area contributed by atoms with Crippen molar-refractivity contribution in [2.75, 3.05) is 39.5 Å². The largest absolute Gasteiger partial charge is 0.477 e. The van der Waals surface area contributed by atoms with E-state index < -0.39 is 67.4 Å². The van der Waals surface area contributed by atoms with Crippen molar-refractivity contribution in [3.63, 3.8) is 0 Å². The van der Waals surface area contributed by atoms with E-state index in [-0.39, 0.29) is 61.8 Å². The number of carbonyl (C=O) groups is 2. The Bertz CT molecular complexity index is 1360. The molecule has 50 heavy (non-hydrogen) atoms. The SMILES string of the molecule is C=CC1C(OC2OC(CO)C(O)C(O)C2O)OC=C(C(=O)OC2CCCC2)C1C=CC1=C(NC(N)=NCCCO)C(C(=O)O)=C[NH+](CCO)C1. The fraction of sp³-hybridized carbons (Fsp3) is 0.606. The Morgan fingerprint density at radius 1 is 1.10 bits per heavy atom. The monoisotopic (exact) mass is 709 g/mol. The molecule has 1 saturated carbocycles. The third-order valence-electron chi connectivity index (χ3n) is 8.99. The van der Waals surface area contributed by atoms with Gasteiger partial charge in [-0.2, -0.15) is 0 Å². The summed E-state index contributed by atoms with van der Waals surface area (Å²) in [5.41, 5.74) is 6.63. The number of aliphatic imine (C=N–C) groups is 1. The summed E-state index contributed by atoms with van der Waals surface area (Å²) < 4.78 is 23.1. The van der Waals surface area contributed by atoms with E-state index in [1.54, 1.807) is 12.2 Å². The summed E-state index contributed by atoms with van der Waals surface area (Å²) in [6, 6.07) is 0. The number of nitrogens with zero attached hydrogens (tertiary/aromatic N) is 1. The number of aliphatic hydroxyl groups is 6. The fourth-order valence-electron chi connectivity index (χ4n) is 6.27. The summed E-state index contributed by atoms with van der Waals surface area (Å²) >= 11 is 0. The predicted molar refractivity (Wildman–Crippen MR) is 174 cm³/mol. The molecule has 0 bridgehead atoms. The number of carbonyl (C=O) groups excluding carboxylic acids is 1. The van der Waals surface area contributed by atoms with Crippen LogP contribution in [0, 0.1) is 11.8 Å². The zero-order valence-electron chi connectivity index (χ0n) is 27.7. The first-order chi connectivity index (χ1) is 24.0. The molecule has 0 radical (unpaired) electrons. The smallest absolute Gasteiger partial charge is 0.343 e. The van der Waals surface area contributed by atoms with Gasteiger partial charge in [0, 0.05) is 24.6 Å². The molecular formula is C33H49N4O13+. The second-order valence-corrected chi connectivity index (χ2v) is 12.5. The standard InChI is InChI=1S/C33H48N4O13/c1-2-20-21(9-8-18-14-37(11-13-39)15-22(29(44)45)25(18)36-33(34)35-10-5-12-38)23(30(46)48-19-6-3-4-7-19)17-47-31(20)50-32-28(43)27(42)26(41)24(16-40)49-32/h2,8-9,15,17,19-21,24,26-28,31-32,38-43H,1,3-7,10-14,16H2,(H,44,45)(H3,34,35,36)/p+1. The van der Waals surface area contributed by atoms with Gasteiger partial charge in [0.1, 0.15) is 55.4 Å². The van der Waals surface area contributed by atoms with Crippen molar-refractivity contribution >= 4 is 17.9 Å². The predicted octanol–water partition coefficient (Wildman–Crippen LogP) is -3.10. The third kappa shape index (κ3) is 9.56. The number of carboxylic acids is 1. The number of allylic oxidation sites excluding steroid dienone is 1. The summed E-state index contributed by atoms with van der Waals surface area (Å²) in [5, 5.41) is 72.5. The number of hydrogen-bond acceptors (Lipinski definition) is 13. The molecule has 17 heteroatoms. The molecule has 0 spiro atoms. The Kier molecular flexibility index (Phi) is 14.5. The van der Waals surface area contributed by atoms with Crippen LogP contribution >= 0.6 is 0 Å². The van der Waals surface area contributed by atoms with E-state index in [0.717, 1.165) is 12.8 Å². The summed E-state index contributed by atoms with van der Waals surface area (Å²) in [5.74, 6) is -3.69. The lowest BCUT2D eigenvalue weighted by molar-refractivity contribution is -0.843. The number of esters is 1. The molecule has 3 aliphatic heterocycles. The van der Waals surface area contributed by atoms with Crippen LogP contribution in [-0.4, -0.2) is 136 Å². The van der Waals surface area contributed by atoms with Gasteiger partial charge in [0.2, 0.25) is 6.29 Å². The first kappa shape index (κ1) is 39.1. The molecule has 3 heterocycles. The minimum Gasteiger partial charge on any atom is -0.477 e. The van der Waals surface area contributed by atoms with E-state index in [1.807, 2.05) is 0 Å². The van der Waals surface area contributed by atoms with Gasteiger partial charge in [-0.15, -0.1) is 6.58 Å². The Balaban J connectivity index is 1.72. The van der Waals surface area contributed by atoms with Crippen LogP contribution in [0.25, 0.3) is 0 Å². The summed E-state index contributed by atoms with van der Waals surface area (Å²) in [7, 11) is 0. The maximum absolute atomic E-state index is 13.6. The highest BCUT2D eigenvalue weighted by Gasteiger charge is 2.47. The summed E-state index contributed by atoms with van der Waals surface area (Å²) in [6.45, 7) is 3.50. The van der Waals surface area contributed by atoms with Crippen LogP contribution in [0.15, 0.2) is 64.7 Å². The fourth-order valence-corrected chi connectivity index (χ4v) is 6.27. The first-order valence-electron chi connectivity index (χ1n) is 16.7. The number of hydrogen-bond donors (Lipinski definition) is 10. The van der Waals surface area contributed by atoms with E-state index in [0.29, 0.717) is 29.7 Å². The Morgan fingerprint density at radius 2 is 1.84 bits per heavy atom. The zero-order chi connectivity index (χ0) is 36.4. The van der Waals surface area contributed by atoms with E-state index in [9.17, 15) is 40.2 Å². The topological polar surface area (TPSA) is 268 Å².